The van der Waals surface area contributed by atoms with Gasteiger partial charge in [-0.05, 0) is 61.4 Å². The Morgan fingerprint density at radius 1 is 1.02 bits per heavy atom. The molecule has 0 spiro atoms. The quantitative estimate of drug-likeness (QED) is 0.158. The number of alkyl halides is 3. The van der Waals surface area contributed by atoms with Crippen molar-refractivity contribution in [2.45, 2.75) is 43.9 Å². The summed E-state index contributed by atoms with van der Waals surface area (Å²) in [4.78, 5) is 29.1. The van der Waals surface area contributed by atoms with Crippen molar-refractivity contribution >= 4 is 39.4 Å². The number of benzene rings is 3. The first-order valence-electron chi connectivity index (χ1n) is 15.0. The van der Waals surface area contributed by atoms with Gasteiger partial charge in [0.25, 0.3) is 0 Å². The van der Waals surface area contributed by atoms with Gasteiger partial charge < -0.3 is 15.5 Å². The molecule has 2 N–H and O–H groups in total. The lowest BCUT2D eigenvalue weighted by Gasteiger charge is -2.30. The Kier molecular flexibility index (Phi) is 7.99. The molecule has 8 nitrogen and oxygen atoms in total. The predicted octanol–water partition coefficient (Wildman–Crippen LogP) is 8.12. The molecule has 1 amide bonds. The van der Waals surface area contributed by atoms with E-state index < -0.39 is 17.8 Å². The summed E-state index contributed by atoms with van der Waals surface area (Å²) in [6.45, 7) is 0.771. The molecule has 2 atom stereocenters. The van der Waals surface area contributed by atoms with E-state index in [4.69, 9.17) is 10.1 Å². The summed E-state index contributed by atoms with van der Waals surface area (Å²) >= 11 is 1.35. The number of amides is 1. The third-order valence-electron chi connectivity index (χ3n) is 8.43. The van der Waals surface area contributed by atoms with E-state index in [1.165, 1.54) is 29.8 Å². The first-order chi connectivity index (χ1) is 22.3. The summed E-state index contributed by atoms with van der Waals surface area (Å²) in [5, 5.41) is 10.9. The molecule has 2 aliphatic rings. The number of halogens is 3. The number of aromatic nitrogens is 3. The topological polar surface area (TPSA) is 104 Å². The Balaban J connectivity index is 1.19. The molecule has 234 valence electrons. The Hall–Kier alpha value is -4.68. The summed E-state index contributed by atoms with van der Waals surface area (Å²) in [5.74, 6) is 0.742. The minimum atomic E-state index is -4.61. The van der Waals surface area contributed by atoms with Gasteiger partial charge in [-0.2, -0.15) is 13.2 Å². The van der Waals surface area contributed by atoms with Crippen LogP contribution < -0.4 is 10.1 Å². The minimum absolute atomic E-state index is 0.0104. The number of ether oxygens (including phenoxy) is 1. The van der Waals surface area contributed by atoms with Crippen LogP contribution in [0.4, 0.5) is 18.9 Å². The van der Waals surface area contributed by atoms with E-state index in [1.807, 2.05) is 24.3 Å². The Labute approximate surface area is 266 Å². The maximum Gasteiger partial charge on any atom is 0.416 e. The summed E-state index contributed by atoms with van der Waals surface area (Å²) in [5.41, 5.74) is 1.42. The highest BCUT2D eigenvalue weighted by molar-refractivity contribution is 7.20. The zero-order valence-corrected chi connectivity index (χ0v) is 25.3. The summed E-state index contributed by atoms with van der Waals surface area (Å²) < 4.78 is 48.5. The number of nitrogens with one attached hydrogen (secondary N) is 2. The molecular weight excluding hydrogens is 613 g/mol. The van der Waals surface area contributed by atoms with Gasteiger partial charge in [0.15, 0.2) is 5.75 Å². The third kappa shape index (κ3) is 6.22. The van der Waals surface area contributed by atoms with Crippen molar-refractivity contribution in [3.8, 4) is 22.9 Å². The summed E-state index contributed by atoms with van der Waals surface area (Å²) in [6.07, 6.45) is 1.42. The number of hydrogen-bond acceptors (Lipinski definition) is 8. The highest BCUT2D eigenvalue weighted by Gasteiger charge is 2.41. The fourth-order valence-corrected chi connectivity index (χ4v) is 6.85. The fourth-order valence-electron chi connectivity index (χ4n) is 6.04. The zero-order valence-electron chi connectivity index (χ0n) is 24.5. The normalized spacial score (nSPS) is 18.5. The number of para-hydroxylation sites is 1. The molecule has 0 radical (unpaired) electrons. The van der Waals surface area contributed by atoms with E-state index in [1.54, 1.807) is 12.1 Å². The van der Waals surface area contributed by atoms with Crippen molar-refractivity contribution < 1.29 is 22.7 Å². The van der Waals surface area contributed by atoms with Crippen molar-refractivity contribution in [1.29, 1.82) is 5.41 Å². The van der Waals surface area contributed by atoms with E-state index in [9.17, 15) is 18.0 Å². The molecule has 3 aromatic carbocycles. The molecule has 5 aromatic rings. The van der Waals surface area contributed by atoms with Crippen LogP contribution in [0.1, 0.15) is 47.9 Å². The van der Waals surface area contributed by atoms with Crippen LogP contribution in [-0.4, -0.2) is 44.6 Å². The second kappa shape index (κ2) is 12.3. The van der Waals surface area contributed by atoms with Gasteiger partial charge in [0.05, 0.1) is 33.9 Å². The summed E-state index contributed by atoms with van der Waals surface area (Å²) in [6, 6.07) is 19.8. The molecule has 0 bridgehead atoms. The Morgan fingerprint density at radius 3 is 2.61 bits per heavy atom. The van der Waals surface area contributed by atoms with Crippen molar-refractivity contribution in [2.24, 2.45) is 5.92 Å². The van der Waals surface area contributed by atoms with Crippen LogP contribution in [0.3, 0.4) is 0 Å². The molecule has 2 aromatic heterocycles. The lowest BCUT2D eigenvalue weighted by molar-refractivity contribution is -0.137. The molecule has 46 heavy (non-hydrogen) atoms. The smallest absolute Gasteiger partial charge is 0.416 e. The Bertz CT molecular complexity index is 1910. The second-order valence-corrected chi connectivity index (χ2v) is 12.6. The number of carbonyl (C=O) groups is 1. The lowest BCUT2D eigenvalue weighted by Crippen LogP contribution is -2.41. The fraction of sp³-hybridized carbons (Fsp3) is 0.265. The predicted molar refractivity (Wildman–Crippen MR) is 170 cm³/mol. The van der Waals surface area contributed by atoms with E-state index in [0.29, 0.717) is 34.2 Å². The average molecular weight is 643 g/mol. The maximum absolute atomic E-state index is 13.9. The number of anilines is 1. The number of nitrogens with zero attached hydrogens (tertiary/aromatic N) is 4. The van der Waals surface area contributed by atoms with E-state index in [2.05, 4.69) is 37.3 Å². The van der Waals surface area contributed by atoms with Crippen LogP contribution in [-0.2, 0) is 11.0 Å². The van der Waals surface area contributed by atoms with Gasteiger partial charge in [0.2, 0.25) is 11.8 Å². The number of thiazole rings is 1. The lowest BCUT2D eigenvalue weighted by atomic mass is 10.0. The van der Waals surface area contributed by atoms with Crippen LogP contribution in [0.2, 0.25) is 0 Å². The van der Waals surface area contributed by atoms with Crippen molar-refractivity contribution in [3.05, 3.63) is 95.3 Å². The first kappa shape index (κ1) is 30.0. The number of hydrogen-bond donors (Lipinski definition) is 2. The van der Waals surface area contributed by atoms with Gasteiger partial charge in [-0.3, -0.25) is 9.69 Å². The van der Waals surface area contributed by atoms with Crippen molar-refractivity contribution in [2.75, 3.05) is 11.9 Å². The molecule has 3 heterocycles. The van der Waals surface area contributed by atoms with Gasteiger partial charge in [-0.15, -0.1) is 11.3 Å². The molecule has 2 fully saturated rings. The minimum Gasteiger partial charge on any atom is -0.437 e. The van der Waals surface area contributed by atoms with Gasteiger partial charge >= 0.3 is 6.18 Å². The number of rotatable bonds is 9. The molecule has 1 aliphatic heterocycles. The third-order valence-corrected chi connectivity index (χ3v) is 9.39. The SMILES string of the molecule is N=Cc1nc2c(Oc3cc(-c4ccc(C(F)(F)F)cc4NC(=O)[C@@H]4CC[C@H](c5ccccc5)N4CC4CC4)ncn3)cccc2s1. The largest absolute Gasteiger partial charge is 0.437 e. The highest BCUT2D eigenvalue weighted by Crippen LogP contribution is 2.42. The molecule has 7 rings (SSSR count). The highest BCUT2D eigenvalue weighted by atomic mass is 32.1. The molecule has 1 saturated heterocycles. The van der Waals surface area contributed by atoms with Crippen LogP contribution in [0.25, 0.3) is 21.5 Å². The molecule has 12 heteroatoms. The second-order valence-electron chi connectivity index (χ2n) is 11.6. The van der Waals surface area contributed by atoms with Crippen molar-refractivity contribution in [1.82, 2.24) is 19.9 Å². The van der Waals surface area contributed by atoms with E-state index in [-0.39, 0.29) is 29.2 Å². The first-order valence-corrected chi connectivity index (χ1v) is 15.8. The van der Waals surface area contributed by atoms with E-state index >= 15 is 0 Å². The average Bonchev–Trinajstić information content (AvgIpc) is 3.60. The molecule has 0 unspecified atom stereocenters. The van der Waals surface area contributed by atoms with Crippen LogP contribution in [0.15, 0.2) is 79.1 Å². The van der Waals surface area contributed by atoms with Crippen LogP contribution >= 0.6 is 11.3 Å². The molecular formula is C34H29F3N6O2S. The standard InChI is InChI=1S/C34H29F3N6O2S/c35-34(36,37)22-11-12-23(24-16-30(40-19-39-24)45-28-7-4-8-29-32(28)42-31(17-38)46-29)25(15-22)41-33(44)27-14-13-26(21-5-2-1-3-6-21)43(27)18-20-9-10-20/h1-8,11-12,15-17,19-20,26-27,38H,9-10,13-14,18H2,(H,41,44)/t26-,27+/m1/s1. The van der Waals surface area contributed by atoms with Crippen LogP contribution in [0, 0.1) is 11.3 Å². The number of fused-ring (bicyclic) bond motifs is 1. The molecule has 1 saturated carbocycles. The van der Waals surface area contributed by atoms with Crippen LogP contribution in [0.5, 0.6) is 11.6 Å². The summed E-state index contributed by atoms with van der Waals surface area (Å²) in [7, 11) is 0. The Morgan fingerprint density at radius 2 is 1.85 bits per heavy atom. The van der Waals surface area contributed by atoms with Gasteiger partial charge in [0.1, 0.15) is 16.9 Å². The number of carbonyl (C=O) groups excluding carboxylic acids is 1. The van der Waals surface area contributed by atoms with Crippen molar-refractivity contribution in [3.63, 3.8) is 0 Å². The maximum atomic E-state index is 13.9. The van der Waals surface area contributed by atoms with Gasteiger partial charge in [-0.1, -0.05) is 42.5 Å². The van der Waals surface area contributed by atoms with E-state index in [0.717, 1.165) is 54.4 Å². The number of likely N-dealkylation sites (tertiary alicyclic amines) is 1. The zero-order chi connectivity index (χ0) is 31.8. The van der Waals surface area contributed by atoms with Gasteiger partial charge in [0, 0.05) is 24.2 Å². The monoisotopic (exact) mass is 642 g/mol. The van der Waals surface area contributed by atoms with Gasteiger partial charge in [-0.25, -0.2) is 15.0 Å². The molecule has 1 aliphatic carbocycles.